The first kappa shape index (κ1) is 22.4. The Morgan fingerprint density at radius 2 is 1.22 bits per heavy atom. The van der Waals surface area contributed by atoms with Crippen LogP contribution >= 0.6 is 0 Å². The highest BCUT2D eigenvalue weighted by molar-refractivity contribution is 5.69. The molecule has 0 aromatic heterocycles. The number of esters is 1. The van der Waals surface area contributed by atoms with Crippen LogP contribution in [-0.2, 0) is 14.3 Å². The van der Waals surface area contributed by atoms with Gasteiger partial charge in [-0.1, -0.05) is 84.0 Å². The van der Waals surface area contributed by atoms with Crippen LogP contribution in [0.2, 0.25) is 0 Å². The predicted molar refractivity (Wildman–Crippen MR) is 97.7 cm³/mol. The fourth-order valence-electron chi connectivity index (χ4n) is 2.97. The van der Waals surface area contributed by atoms with Crippen molar-refractivity contribution in [2.75, 3.05) is 14.2 Å². The molecule has 0 fully saturated rings. The second-order valence-corrected chi connectivity index (χ2v) is 6.65. The number of methoxy groups -OCH3 is 2. The van der Waals surface area contributed by atoms with Gasteiger partial charge in [0.1, 0.15) is 0 Å². The third kappa shape index (κ3) is 16.1. The monoisotopic (exact) mass is 328 g/mol. The quantitative estimate of drug-likeness (QED) is 0.241. The highest BCUT2D eigenvalue weighted by atomic mass is 16.5. The SMILES string of the molecule is CCCCCCCCCCCCCCC(CCC(=O)OC)OC. The van der Waals surface area contributed by atoms with Gasteiger partial charge >= 0.3 is 5.97 Å². The van der Waals surface area contributed by atoms with E-state index in [0.29, 0.717) is 6.42 Å². The van der Waals surface area contributed by atoms with E-state index in [0.717, 1.165) is 12.8 Å². The van der Waals surface area contributed by atoms with Gasteiger partial charge in [-0.3, -0.25) is 4.79 Å². The van der Waals surface area contributed by atoms with Crippen LogP contribution in [0.25, 0.3) is 0 Å². The Morgan fingerprint density at radius 3 is 1.65 bits per heavy atom. The van der Waals surface area contributed by atoms with Gasteiger partial charge < -0.3 is 9.47 Å². The number of hydrogen-bond acceptors (Lipinski definition) is 3. The molecule has 0 aliphatic carbocycles. The number of rotatable bonds is 17. The molecule has 0 aliphatic heterocycles. The topological polar surface area (TPSA) is 35.5 Å². The summed E-state index contributed by atoms with van der Waals surface area (Å²) in [6, 6.07) is 0. The van der Waals surface area contributed by atoms with Gasteiger partial charge in [-0.2, -0.15) is 0 Å². The largest absolute Gasteiger partial charge is 0.469 e. The first-order valence-corrected chi connectivity index (χ1v) is 9.84. The molecule has 0 heterocycles. The normalized spacial score (nSPS) is 12.3. The van der Waals surface area contributed by atoms with Gasteiger partial charge in [-0.15, -0.1) is 0 Å². The molecule has 3 nitrogen and oxygen atoms in total. The Hall–Kier alpha value is -0.570. The molecule has 0 aliphatic rings. The summed E-state index contributed by atoms with van der Waals surface area (Å²) in [5.74, 6) is -0.137. The maximum Gasteiger partial charge on any atom is 0.305 e. The van der Waals surface area contributed by atoms with Crippen LogP contribution in [0.1, 0.15) is 103 Å². The Kier molecular flexibility index (Phi) is 17.3. The van der Waals surface area contributed by atoms with Crippen LogP contribution in [-0.4, -0.2) is 26.3 Å². The fraction of sp³-hybridized carbons (Fsp3) is 0.950. The number of carbonyl (C=O) groups excluding carboxylic acids is 1. The molecule has 0 saturated heterocycles. The summed E-state index contributed by atoms with van der Waals surface area (Å²) in [4.78, 5) is 11.1. The molecular weight excluding hydrogens is 288 g/mol. The van der Waals surface area contributed by atoms with Gasteiger partial charge in [0.25, 0.3) is 0 Å². The van der Waals surface area contributed by atoms with Gasteiger partial charge in [-0.25, -0.2) is 0 Å². The van der Waals surface area contributed by atoms with Crippen LogP contribution in [0.4, 0.5) is 0 Å². The average molecular weight is 329 g/mol. The lowest BCUT2D eigenvalue weighted by atomic mass is 10.0. The van der Waals surface area contributed by atoms with Crippen LogP contribution in [0.5, 0.6) is 0 Å². The lowest BCUT2D eigenvalue weighted by Gasteiger charge is -2.14. The van der Waals surface area contributed by atoms with E-state index in [9.17, 15) is 4.79 Å². The summed E-state index contributed by atoms with van der Waals surface area (Å²) in [5.41, 5.74) is 0. The Bertz CT molecular complexity index is 253. The Labute approximate surface area is 144 Å². The van der Waals surface area contributed by atoms with Crippen LogP contribution < -0.4 is 0 Å². The van der Waals surface area contributed by atoms with E-state index >= 15 is 0 Å². The Morgan fingerprint density at radius 1 is 0.739 bits per heavy atom. The van der Waals surface area contributed by atoms with E-state index < -0.39 is 0 Å². The van der Waals surface area contributed by atoms with Crippen LogP contribution in [0, 0.1) is 0 Å². The number of ether oxygens (including phenoxy) is 2. The van der Waals surface area contributed by atoms with Crippen molar-refractivity contribution in [3.63, 3.8) is 0 Å². The molecule has 1 unspecified atom stereocenters. The molecule has 3 heteroatoms. The van der Waals surface area contributed by atoms with E-state index in [4.69, 9.17) is 4.74 Å². The van der Waals surface area contributed by atoms with Crippen molar-refractivity contribution >= 4 is 5.97 Å². The van der Waals surface area contributed by atoms with E-state index in [1.165, 1.54) is 84.2 Å². The molecule has 0 bridgehead atoms. The van der Waals surface area contributed by atoms with Gasteiger partial charge in [0.2, 0.25) is 0 Å². The molecule has 0 N–H and O–H groups in total. The predicted octanol–water partition coefficient (Wildman–Crippen LogP) is 6.05. The zero-order chi connectivity index (χ0) is 17.2. The molecule has 0 aromatic rings. The molecule has 138 valence electrons. The molecule has 0 saturated carbocycles. The first-order valence-electron chi connectivity index (χ1n) is 9.84. The lowest BCUT2D eigenvalue weighted by Crippen LogP contribution is -2.13. The lowest BCUT2D eigenvalue weighted by molar-refractivity contribution is -0.141. The van der Waals surface area contributed by atoms with Crippen molar-refractivity contribution in [1.29, 1.82) is 0 Å². The second-order valence-electron chi connectivity index (χ2n) is 6.65. The average Bonchev–Trinajstić information content (AvgIpc) is 2.58. The number of unbranched alkanes of at least 4 members (excludes halogenated alkanes) is 11. The maximum absolute atomic E-state index is 11.1. The molecule has 1 atom stereocenters. The summed E-state index contributed by atoms with van der Waals surface area (Å²) in [6.07, 6.45) is 19.0. The third-order valence-electron chi connectivity index (χ3n) is 4.61. The van der Waals surface area contributed by atoms with E-state index in [1.54, 1.807) is 7.11 Å². The fourth-order valence-corrected chi connectivity index (χ4v) is 2.97. The van der Waals surface area contributed by atoms with Crippen molar-refractivity contribution in [1.82, 2.24) is 0 Å². The van der Waals surface area contributed by atoms with Crippen LogP contribution in [0.3, 0.4) is 0 Å². The third-order valence-corrected chi connectivity index (χ3v) is 4.61. The molecule has 0 rings (SSSR count). The highest BCUT2D eigenvalue weighted by Gasteiger charge is 2.10. The van der Waals surface area contributed by atoms with Gasteiger partial charge in [0.15, 0.2) is 0 Å². The van der Waals surface area contributed by atoms with Gasteiger partial charge in [0.05, 0.1) is 13.2 Å². The van der Waals surface area contributed by atoms with Crippen LogP contribution in [0.15, 0.2) is 0 Å². The van der Waals surface area contributed by atoms with Crippen molar-refractivity contribution < 1.29 is 14.3 Å². The molecular formula is C20H40O3. The summed E-state index contributed by atoms with van der Waals surface area (Å²) in [5, 5.41) is 0. The zero-order valence-corrected chi connectivity index (χ0v) is 15.9. The van der Waals surface area contributed by atoms with Crippen molar-refractivity contribution in [2.45, 2.75) is 109 Å². The van der Waals surface area contributed by atoms with Gasteiger partial charge in [-0.05, 0) is 12.8 Å². The molecule has 0 amide bonds. The summed E-state index contributed by atoms with van der Waals surface area (Å²) in [6.45, 7) is 2.27. The van der Waals surface area contributed by atoms with E-state index in [2.05, 4.69) is 11.7 Å². The number of hydrogen-bond donors (Lipinski definition) is 0. The highest BCUT2D eigenvalue weighted by Crippen LogP contribution is 2.15. The van der Waals surface area contributed by atoms with E-state index in [1.807, 2.05) is 0 Å². The van der Waals surface area contributed by atoms with Crippen molar-refractivity contribution in [2.24, 2.45) is 0 Å². The summed E-state index contributed by atoms with van der Waals surface area (Å²) < 4.78 is 10.1. The summed E-state index contributed by atoms with van der Waals surface area (Å²) in [7, 11) is 3.18. The Balaban J connectivity index is 3.29. The molecule has 0 spiro atoms. The minimum absolute atomic E-state index is 0.137. The minimum atomic E-state index is -0.137. The van der Waals surface area contributed by atoms with Crippen molar-refractivity contribution in [3.05, 3.63) is 0 Å². The minimum Gasteiger partial charge on any atom is -0.469 e. The number of carbonyl (C=O) groups is 1. The summed E-state index contributed by atoms with van der Waals surface area (Å²) >= 11 is 0. The maximum atomic E-state index is 11.1. The smallest absolute Gasteiger partial charge is 0.305 e. The molecule has 0 radical (unpaired) electrons. The zero-order valence-electron chi connectivity index (χ0n) is 15.9. The molecule has 23 heavy (non-hydrogen) atoms. The second kappa shape index (κ2) is 17.8. The standard InChI is InChI=1S/C20H40O3/c1-4-5-6-7-8-9-10-11-12-13-14-15-16-19(22-2)17-18-20(21)23-3/h19H,4-18H2,1-3H3. The van der Waals surface area contributed by atoms with E-state index in [-0.39, 0.29) is 12.1 Å². The van der Waals surface area contributed by atoms with Crippen molar-refractivity contribution in [3.8, 4) is 0 Å². The first-order chi connectivity index (χ1) is 11.2. The van der Waals surface area contributed by atoms with Gasteiger partial charge in [0, 0.05) is 13.5 Å². The molecule has 0 aromatic carbocycles.